The molecule has 0 amide bonds. The SMILES string of the molecule is CCCCC(F)C(F)(F)C(F)(F)C(F)(F)C(F)(F)C(F)(F)C(F)(F)C(F)(F)S(=O)(=O)O. The average Bonchev–Trinajstić information content (AvgIpc) is 2.57. The third kappa shape index (κ3) is 4.03. The van der Waals surface area contributed by atoms with Gasteiger partial charge in [0, 0.05) is 0 Å². The molecule has 0 aromatic heterocycles. The molecular formula is C12H11F15O3S. The Balaban J connectivity index is 6.69. The average molecular weight is 520 g/mol. The van der Waals surface area contributed by atoms with Gasteiger partial charge in [-0.3, -0.25) is 4.55 Å². The standard InChI is InChI=1S/C12H11F15O3S/c1-2-3-4-5(13)6(14,15)7(16,17)8(18,19)9(20,21)10(22,23)11(24,25)12(26,27)31(28,29)30/h5H,2-4H2,1H3,(H,28,29,30). The van der Waals surface area contributed by atoms with Gasteiger partial charge in [-0.25, -0.2) is 4.39 Å². The fourth-order valence-corrected chi connectivity index (χ4v) is 2.36. The van der Waals surface area contributed by atoms with Gasteiger partial charge in [0.2, 0.25) is 0 Å². The number of halogens is 15. The summed E-state index contributed by atoms with van der Waals surface area (Å²) in [6.45, 7) is 1.13. The lowest BCUT2D eigenvalue weighted by molar-refractivity contribution is -0.439. The van der Waals surface area contributed by atoms with Crippen LogP contribution in [0.5, 0.6) is 0 Å². The van der Waals surface area contributed by atoms with Crippen LogP contribution < -0.4 is 0 Å². The van der Waals surface area contributed by atoms with Crippen LogP contribution in [-0.4, -0.2) is 59.9 Å². The molecule has 1 unspecified atom stereocenters. The topological polar surface area (TPSA) is 54.4 Å². The maximum atomic E-state index is 13.5. The first-order chi connectivity index (χ1) is 13.2. The van der Waals surface area contributed by atoms with Gasteiger partial charge in [0.05, 0.1) is 0 Å². The largest absolute Gasteiger partial charge is 0.438 e. The Bertz CT molecular complexity index is 746. The molecule has 0 aliphatic rings. The van der Waals surface area contributed by atoms with Crippen LogP contribution in [0.4, 0.5) is 65.9 Å². The van der Waals surface area contributed by atoms with E-state index in [2.05, 4.69) is 0 Å². The van der Waals surface area contributed by atoms with Crippen LogP contribution >= 0.6 is 0 Å². The van der Waals surface area contributed by atoms with Gasteiger partial charge in [-0.1, -0.05) is 19.8 Å². The molecule has 0 saturated carbocycles. The number of unbranched alkanes of at least 4 members (excludes halogenated alkanes) is 1. The van der Waals surface area contributed by atoms with E-state index in [1.54, 1.807) is 0 Å². The second-order valence-corrected chi connectivity index (χ2v) is 7.56. The zero-order valence-electron chi connectivity index (χ0n) is 14.5. The minimum Gasteiger partial charge on any atom is -0.281 e. The quantitative estimate of drug-likeness (QED) is 0.277. The molecule has 0 aromatic carbocycles. The van der Waals surface area contributed by atoms with Crippen molar-refractivity contribution < 1.29 is 78.8 Å². The maximum Gasteiger partial charge on any atom is 0.438 e. The van der Waals surface area contributed by atoms with Gasteiger partial charge in [0.25, 0.3) is 0 Å². The second kappa shape index (κ2) is 8.02. The molecule has 0 fully saturated rings. The van der Waals surface area contributed by atoms with Crippen molar-refractivity contribution in [2.45, 2.75) is 73.1 Å². The van der Waals surface area contributed by atoms with Crippen LogP contribution in [0.25, 0.3) is 0 Å². The first kappa shape index (κ1) is 29.9. The highest BCUT2D eigenvalue weighted by atomic mass is 32.2. The maximum absolute atomic E-state index is 13.5. The second-order valence-electron chi connectivity index (χ2n) is 6.10. The summed E-state index contributed by atoms with van der Waals surface area (Å²) in [5.41, 5.74) is 0. The molecule has 1 N–H and O–H groups in total. The number of hydrogen-bond donors (Lipinski definition) is 1. The van der Waals surface area contributed by atoms with Crippen LogP contribution in [0.2, 0.25) is 0 Å². The van der Waals surface area contributed by atoms with Crippen molar-refractivity contribution in [3.8, 4) is 0 Å². The zero-order valence-corrected chi connectivity index (χ0v) is 15.4. The Morgan fingerprint density at radius 1 is 0.677 bits per heavy atom. The Labute approximate surface area is 163 Å². The molecule has 0 aliphatic carbocycles. The van der Waals surface area contributed by atoms with Crippen molar-refractivity contribution in [2.75, 3.05) is 0 Å². The van der Waals surface area contributed by atoms with Crippen LogP contribution in [0.1, 0.15) is 26.2 Å². The summed E-state index contributed by atoms with van der Waals surface area (Å²) in [6.07, 6.45) is -7.11. The van der Waals surface area contributed by atoms with Crippen molar-refractivity contribution >= 4 is 10.1 Å². The van der Waals surface area contributed by atoms with Crippen molar-refractivity contribution in [1.29, 1.82) is 0 Å². The molecule has 0 aromatic rings. The van der Waals surface area contributed by atoms with Crippen LogP contribution in [-0.2, 0) is 10.1 Å². The Morgan fingerprint density at radius 2 is 1.00 bits per heavy atom. The van der Waals surface area contributed by atoms with Gasteiger partial charge in [0.15, 0.2) is 6.17 Å². The summed E-state index contributed by atoms with van der Waals surface area (Å²) in [5, 5.41) is -7.69. The molecule has 0 saturated heterocycles. The molecule has 0 heterocycles. The zero-order chi connectivity index (χ0) is 25.7. The third-order valence-corrected chi connectivity index (χ3v) is 4.79. The molecule has 0 aliphatic heterocycles. The lowest BCUT2D eigenvalue weighted by Crippen LogP contribution is -2.74. The molecule has 3 nitrogen and oxygen atoms in total. The van der Waals surface area contributed by atoms with E-state index >= 15 is 0 Å². The summed E-state index contributed by atoms with van der Waals surface area (Å²) < 4.78 is 227. The third-order valence-electron chi connectivity index (χ3n) is 3.89. The Kier molecular flexibility index (Phi) is 7.72. The van der Waals surface area contributed by atoms with Gasteiger partial charge in [-0.2, -0.15) is 69.9 Å². The van der Waals surface area contributed by atoms with Crippen molar-refractivity contribution in [1.82, 2.24) is 0 Å². The fourth-order valence-electron chi connectivity index (χ4n) is 1.91. The van der Waals surface area contributed by atoms with Gasteiger partial charge in [-0.15, -0.1) is 0 Å². The lowest BCUT2D eigenvalue weighted by Gasteiger charge is -2.42. The van der Waals surface area contributed by atoms with Crippen molar-refractivity contribution in [3.63, 3.8) is 0 Å². The minimum absolute atomic E-state index is 0.246. The van der Waals surface area contributed by atoms with E-state index in [0.717, 1.165) is 6.92 Å². The highest BCUT2D eigenvalue weighted by Gasteiger charge is 2.94. The van der Waals surface area contributed by atoms with Crippen LogP contribution in [0, 0.1) is 0 Å². The fraction of sp³-hybridized carbons (Fsp3) is 1.00. The molecule has 19 heteroatoms. The summed E-state index contributed by atoms with van der Waals surface area (Å²) in [6, 6.07) is 0. The van der Waals surface area contributed by atoms with Gasteiger partial charge in [0.1, 0.15) is 0 Å². The Hall–Kier alpha value is -1.14. The first-order valence-electron chi connectivity index (χ1n) is 7.49. The van der Waals surface area contributed by atoms with E-state index in [1.165, 1.54) is 0 Å². The lowest BCUT2D eigenvalue weighted by atomic mass is 9.89. The summed E-state index contributed by atoms with van der Waals surface area (Å²) in [5.74, 6) is -48.5. The van der Waals surface area contributed by atoms with E-state index in [9.17, 15) is 74.3 Å². The molecule has 0 bridgehead atoms. The normalized spacial score (nSPS) is 17.1. The number of rotatable bonds is 11. The van der Waals surface area contributed by atoms with Crippen LogP contribution in [0.15, 0.2) is 0 Å². The van der Waals surface area contributed by atoms with Crippen molar-refractivity contribution in [2.24, 2.45) is 0 Å². The van der Waals surface area contributed by atoms with E-state index in [4.69, 9.17) is 4.55 Å². The number of hydrogen-bond acceptors (Lipinski definition) is 2. The highest BCUT2D eigenvalue weighted by molar-refractivity contribution is 7.87. The van der Waals surface area contributed by atoms with E-state index in [1.807, 2.05) is 0 Å². The van der Waals surface area contributed by atoms with Crippen LogP contribution in [0.3, 0.4) is 0 Å². The monoisotopic (exact) mass is 520 g/mol. The summed E-state index contributed by atoms with van der Waals surface area (Å²) >= 11 is 0. The molecular weight excluding hydrogens is 509 g/mol. The minimum atomic E-state index is -8.55. The predicted octanol–water partition coefficient (Wildman–Crippen LogP) is 5.81. The highest BCUT2D eigenvalue weighted by Crippen LogP contribution is 2.63. The molecule has 31 heavy (non-hydrogen) atoms. The molecule has 0 spiro atoms. The molecule has 0 rings (SSSR count). The molecule has 0 radical (unpaired) electrons. The van der Waals surface area contributed by atoms with E-state index in [-0.39, 0.29) is 6.42 Å². The molecule has 1 atom stereocenters. The summed E-state index contributed by atoms with van der Waals surface area (Å²) in [7, 11) is -7.77. The predicted molar refractivity (Wildman–Crippen MR) is 70.6 cm³/mol. The summed E-state index contributed by atoms with van der Waals surface area (Å²) in [4.78, 5) is 0. The van der Waals surface area contributed by atoms with Crippen molar-refractivity contribution in [3.05, 3.63) is 0 Å². The molecule has 188 valence electrons. The Morgan fingerprint density at radius 3 is 1.32 bits per heavy atom. The van der Waals surface area contributed by atoms with Gasteiger partial charge < -0.3 is 0 Å². The number of alkyl halides is 15. The van der Waals surface area contributed by atoms with Gasteiger partial charge >= 0.3 is 50.9 Å². The first-order valence-corrected chi connectivity index (χ1v) is 8.93. The van der Waals surface area contributed by atoms with E-state index in [0.29, 0.717) is 0 Å². The smallest absolute Gasteiger partial charge is 0.281 e. The van der Waals surface area contributed by atoms with E-state index < -0.39 is 69.9 Å². The van der Waals surface area contributed by atoms with Gasteiger partial charge in [-0.05, 0) is 6.42 Å².